The number of hydrogen-bond donors (Lipinski definition) is 2. The van der Waals surface area contributed by atoms with Crippen LogP contribution in [-0.4, -0.2) is 50.1 Å². The lowest BCUT2D eigenvalue weighted by Gasteiger charge is -2.38. The summed E-state index contributed by atoms with van der Waals surface area (Å²) in [5.41, 5.74) is 0.288. The number of nitrogens with zero attached hydrogens (tertiary/aromatic N) is 1. The van der Waals surface area contributed by atoms with E-state index in [2.05, 4.69) is 29.5 Å². The zero-order chi connectivity index (χ0) is 14.2. The van der Waals surface area contributed by atoms with E-state index in [1.165, 1.54) is 32.1 Å². The van der Waals surface area contributed by atoms with Crippen molar-refractivity contribution in [1.29, 1.82) is 0 Å². The Morgan fingerprint density at radius 3 is 2.85 bits per heavy atom. The minimum Gasteiger partial charge on any atom is -0.354 e. The summed E-state index contributed by atoms with van der Waals surface area (Å²) in [4.78, 5) is 14.8. The van der Waals surface area contributed by atoms with Crippen molar-refractivity contribution < 1.29 is 4.79 Å². The average Bonchev–Trinajstić information content (AvgIpc) is 3.02. The number of nitrogens with one attached hydrogen (secondary N) is 2. The third-order valence-electron chi connectivity index (χ3n) is 5.91. The fourth-order valence-corrected chi connectivity index (χ4v) is 4.22. The zero-order valence-electron chi connectivity index (χ0n) is 13.0. The molecule has 114 valence electrons. The molecule has 1 amide bonds. The van der Waals surface area contributed by atoms with Crippen molar-refractivity contribution >= 4 is 5.91 Å². The maximum atomic E-state index is 12.5. The van der Waals surface area contributed by atoms with E-state index in [0.29, 0.717) is 5.92 Å². The van der Waals surface area contributed by atoms with Gasteiger partial charge in [0, 0.05) is 6.54 Å². The normalized spacial score (nSPS) is 36.8. The third-order valence-corrected chi connectivity index (χ3v) is 5.91. The molecule has 3 atom stereocenters. The second-order valence-corrected chi connectivity index (χ2v) is 7.57. The molecule has 0 radical (unpaired) electrons. The fraction of sp³-hybridized carbons (Fsp3) is 0.938. The second kappa shape index (κ2) is 5.64. The van der Waals surface area contributed by atoms with Gasteiger partial charge >= 0.3 is 0 Å². The van der Waals surface area contributed by atoms with Crippen molar-refractivity contribution in [2.24, 2.45) is 17.3 Å². The van der Waals surface area contributed by atoms with Gasteiger partial charge in [-0.1, -0.05) is 13.3 Å². The predicted octanol–water partition coefficient (Wildman–Crippen LogP) is 1.22. The first-order valence-corrected chi connectivity index (χ1v) is 8.27. The van der Waals surface area contributed by atoms with Gasteiger partial charge in [-0.05, 0) is 69.6 Å². The van der Waals surface area contributed by atoms with E-state index in [4.69, 9.17) is 0 Å². The Balaban J connectivity index is 1.49. The van der Waals surface area contributed by atoms with E-state index >= 15 is 0 Å². The van der Waals surface area contributed by atoms with Crippen LogP contribution in [0.25, 0.3) is 0 Å². The molecule has 0 aromatic heterocycles. The van der Waals surface area contributed by atoms with Crippen molar-refractivity contribution in [1.82, 2.24) is 15.5 Å². The summed E-state index contributed by atoms with van der Waals surface area (Å²) in [5.74, 6) is 1.60. The van der Waals surface area contributed by atoms with Gasteiger partial charge in [0.1, 0.15) is 0 Å². The van der Waals surface area contributed by atoms with E-state index in [9.17, 15) is 4.79 Å². The lowest BCUT2D eigenvalue weighted by Crippen LogP contribution is -2.49. The number of likely N-dealkylation sites (tertiary alicyclic amines) is 1. The van der Waals surface area contributed by atoms with E-state index < -0.39 is 0 Å². The topological polar surface area (TPSA) is 44.4 Å². The van der Waals surface area contributed by atoms with Gasteiger partial charge in [-0.25, -0.2) is 0 Å². The van der Waals surface area contributed by atoms with Crippen molar-refractivity contribution in [3.63, 3.8) is 0 Å². The molecule has 0 aromatic carbocycles. The van der Waals surface area contributed by atoms with Gasteiger partial charge in [-0.2, -0.15) is 0 Å². The van der Waals surface area contributed by atoms with E-state index in [1.807, 2.05) is 0 Å². The Morgan fingerprint density at radius 2 is 2.10 bits per heavy atom. The quantitative estimate of drug-likeness (QED) is 0.816. The van der Waals surface area contributed by atoms with E-state index in [1.54, 1.807) is 0 Å². The molecule has 4 heteroatoms. The Labute approximate surface area is 122 Å². The number of carbonyl (C=O) groups is 1. The molecule has 2 aliphatic heterocycles. The van der Waals surface area contributed by atoms with Gasteiger partial charge in [0.25, 0.3) is 0 Å². The summed E-state index contributed by atoms with van der Waals surface area (Å²) in [6.07, 6.45) is 6.23. The van der Waals surface area contributed by atoms with E-state index in [0.717, 1.165) is 32.1 Å². The smallest absolute Gasteiger partial charge is 0.237 e. The number of carbonyl (C=O) groups excluding carboxylic acids is 1. The molecule has 3 rings (SSSR count). The lowest BCUT2D eigenvalue weighted by atomic mass is 9.80. The highest BCUT2D eigenvalue weighted by Crippen LogP contribution is 2.38. The molecule has 1 aliphatic carbocycles. The van der Waals surface area contributed by atoms with Gasteiger partial charge in [0.05, 0.1) is 6.04 Å². The summed E-state index contributed by atoms with van der Waals surface area (Å²) in [7, 11) is 2.18. The van der Waals surface area contributed by atoms with Crippen molar-refractivity contribution in [2.45, 2.75) is 45.1 Å². The van der Waals surface area contributed by atoms with Gasteiger partial charge in [-0.3, -0.25) is 4.79 Å². The van der Waals surface area contributed by atoms with Gasteiger partial charge in [0.15, 0.2) is 0 Å². The molecular weight excluding hydrogens is 250 g/mol. The molecule has 2 saturated heterocycles. The Bertz CT molecular complexity index is 363. The zero-order valence-corrected chi connectivity index (χ0v) is 13.0. The summed E-state index contributed by atoms with van der Waals surface area (Å²) in [5, 5.41) is 6.69. The molecule has 0 bridgehead atoms. The van der Waals surface area contributed by atoms with Gasteiger partial charge < -0.3 is 15.5 Å². The van der Waals surface area contributed by atoms with Crippen molar-refractivity contribution in [3.8, 4) is 0 Å². The molecule has 0 aromatic rings. The summed E-state index contributed by atoms with van der Waals surface area (Å²) < 4.78 is 0. The highest BCUT2D eigenvalue weighted by molar-refractivity contribution is 5.82. The van der Waals surface area contributed by atoms with Crippen molar-refractivity contribution in [3.05, 3.63) is 0 Å². The number of hydrogen-bond acceptors (Lipinski definition) is 3. The van der Waals surface area contributed by atoms with E-state index in [-0.39, 0.29) is 17.4 Å². The monoisotopic (exact) mass is 279 g/mol. The molecule has 2 heterocycles. The van der Waals surface area contributed by atoms with Crippen LogP contribution in [0.4, 0.5) is 0 Å². The Kier molecular flexibility index (Phi) is 4.04. The van der Waals surface area contributed by atoms with Crippen LogP contribution >= 0.6 is 0 Å². The molecule has 3 fully saturated rings. The van der Waals surface area contributed by atoms with Gasteiger partial charge in [0.2, 0.25) is 5.91 Å². The Hall–Kier alpha value is -0.610. The minimum atomic E-state index is 0.0809. The number of fused-ring (bicyclic) bond motifs is 1. The minimum absolute atomic E-state index is 0.0809. The molecule has 20 heavy (non-hydrogen) atoms. The van der Waals surface area contributed by atoms with Crippen LogP contribution in [0.15, 0.2) is 0 Å². The molecule has 2 N–H and O–H groups in total. The first kappa shape index (κ1) is 14.3. The van der Waals surface area contributed by atoms with Crippen LogP contribution in [-0.2, 0) is 4.79 Å². The lowest BCUT2D eigenvalue weighted by molar-refractivity contribution is -0.124. The first-order valence-electron chi connectivity index (χ1n) is 8.27. The highest BCUT2D eigenvalue weighted by Gasteiger charge is 2.42. The highest BCUT2D eigenvalue weighted by atomic mass is 16.2. The average molecular weight is 279 g/mol. The molecule has 4 nitrogen and oxygen atoms in total. The van der Waals surface area contributed by atoms with Crippen LogP contribution in [0, 0.1) is 17.3 Å². The molecular formula is C16H29N3O. The van der Waals surface area contributed by atoms with Crippen LogP contribution in [0.1, 0.15) is 39.0 Å². The van der Waals surface area contributed by atoms with Crippen LogP contribution in [0.3, 0.4) is 0 Å². The van der Waals surface area contributed by atoms with Crippen molar-refractivity contribution in [2.75, 3.05) is 33.2 Å². The molecule has 3 aliphatic rings. The third kappa shape index (κ3) is 2.86. The van der Waals surface area contributed by atoms with Crippen LogP contribution in [0.5, 0.6) is 0 Å². The summed E-state index contributed by atoms with van der Waals surface area (Å²) >= 11 is 0. The molecule has 3 unspecified atom stereocenters. The number of piperidine rings is 1. The number of rotatable bonds is 3. The molecule has 0 spiro atoms. The van der Waals surface area contributed by atoms with Gasteiger partial charge in [-0.15, -0.1) is 0 Å². The number of amides is 1. The predicted molar refractivity (Wildman–Crippen MR) is 80.5 cm³/mol. The summed E-state index contributed by atoms with van der Waals surface area (Å²) in [6.45, 7) is 6.51. The largest absolute Gasteiger partial charge is 0.354 e. The van der Waals surface area contributed by atoms with Crippen LogP contribution in [0.2, 0.25) is 0 Å². The fourth-order valence-electron chi connectivity index (χ4n) is 4.22. The second-order valence-electron chi connectivity index (χ2n) is 7.57. The maximum absolute atomic E-state index is 12.5. The SMILES string of the molecule is CN1CCC(C)(CNC(=O)C2NCC3CCCC32)CC1. The molecule has 1 saturated carbocycles. The van der Waals surface area contributed by atoms with Crippen LogP contribution < -0.4 is 10.6 Å². The standard InChI is InChI=1S/C16H29N3O/c1-16(6-8-19(2)9-7-16)11-18-15(20)14-13-5-3-4-12(13)10-17-14/h12-14,17H,3-11H2,1-2H3,(H,18,20). The maximum Gasteiger partial charge on any atom is 0.237 e. The summed E-state index contributed by atoms with van der Waals surface area (Å²) in [6, 6.07) is 0.0809. The first-order chi connectivity index (χ1) is 9.57. The Morgan fingerprint density at radius 1 is 1.35 bits per heavy atom.